The molecule has 1 aromatic rings. The van der Waals surface area contributed by atoms with Gasteiger partial charge in [0.25, 0.3) is 0 Å². The molecule has 1 aromatic carbocycles. The van der Waals surface area contributed by atoms with Crippen molar-refractivity contribution in [2.45, 2.75) is 25.8 Å². The number of halogens is 1. The average Bonchev–Trinajstić information content (AvgIpc) is 2.15. The molecule has 0 spiro atoms. The minimum atomic E-state index is -0.488. The Morgan fingerprint density at radius 3 is 2.31 bits per heavy atom. The van der Waals surface area contributed by atoms with Crippen LogP contribution in [0.4, 0.5) is 5.69 Å². The minimum Gasteiger partial charge on any atom is -0.325 e. The average molecular weight is 241 g/mol. The third kappa shape index (κ3) is 3.83. The number of rotatable bonds is 3. The first-order valence-electron chi connectivity index (χ1n) is 5.10. The molecule has 3 nitrogen and oxygen atoms in total. The Labute approximate surface area is 101 Å². The molecule has 0 heterocycles. The lowest BCUT2D eigenvalue weighted by molar-refractivity contribution is -0.119. The maximum absolute atomic E-state index is 11.9. The summed E-state index contributed by atoms with van der Waals surface area (Å²) in [5, 5.41) is 0.656. The van der Waals surface area contributed by atoms with Crippen LogP contribution < -0.4 is 10.6 Å². The molecule has 1 rings (SSSR count). The molecule has 0 saturated carbocycles. The van der Waals surface area contributed by atoms with E-state index in [2.05, 4.69) is 0 Å². The van der Waals surface area contributed by atoms with Crippen molar-refractivity contribution in [1.82, 2.24) is 0 Å². The normalized spacial score (nSPS) is 11.3. The smallest absolute Gasteiger partial charge is 0.228 e. The molecule has 0 aliphatic rings. The fourth-order valence-electron chi connectivity index (χ4n) is 1.32. The highest BCUT2D eigenvalue weighted by Crippen LogP contribution is 2.18. The Morgan fingerprint density at radius 2 is 1.88 bits per heavy atom. The van der Waals surface area contributed by atoms with Crippen molar-refractivity contribution in [2.75, 3.05) is 11.9 Å². The number of carbonyl (C=O) groups is 1. The van der Waals surface area contributed by atoms with Crippen LogP contribution in [0.1, 0.15) is 20.3 Å². The molecule has 1 amide bonds. The van der Waals surface area contributed by atoms with E-state index >= 15 is 0 Å². The van der Waals surface area contributed by atoms with Gasteiger partial charge < -0.3 is 10.6 Å². The molecule has 88 valence electrons. The molecule has 0 aliphatic heterocycles. The van der Waals surface area contributed by atoms with Crippen LogP contribution >= 0.6 is 11.6 Å². The van der Waals surface area contributed by atoms with Crippen LogP contribution in [0.5, 0.6) is 0 Å². The highest BCUT2D eigenvalue weighted by molar-refractivity contribution is 6.30. The van der Waals surface area contributed by atoms with Crippen LogP contribution in [0.2, 0.25) is 5.02 Å². The lowest BCUT2D eigenvalue weighted by Gasteiger charge is -2.23. The first-order chi connectivity index (χ1) is 7.29. The van der Waals surface area contributed by atoms with Gasteiger partial charge in [-0.3, -0.25) is 4.79 Å². The van der Waals surface area contributed by atoms with Gasteiger partial charge in [-0.05, 0) is 38.1 Å². The van der Waals surface area contributed by atoms with E-state index in [9.17, 15) is 4.79 Å². The lowest BCUT2D eigenvalue weighted by Crippen LogP contribution is -2.39. The summed E-state index contributed by atoms with van der Waals surface area (Å²) >= 11 is 5.78. The largest absolute Gasteiger partial charge is 0.325 e. The van der Waals surface area contributed by atoms with Crippen LogP contribution in [-0.2, 0) is 4.79 Å². The second kappa shape index (κ2) is 4.85. The monoisotopic (exact) mass is 240 g/mol. The van der Waals surface area contributed by atoms with Crippen LogP contribution in [-0.4, -0.2) is 18.5 Å². The first-order valence-corrected chi connectivity index (χ1v) is 5.48. The summed E-state index contributed by atoms with van der Waals surface area (Å²) in [6, 6.07) is 7.13. The number of nitrogens with zero attached hydrogens (tertiary/aromatic N) is 1. The fraction of sp³-hybridized carbons (Fsp3) is 0.417. The Balaban J connectivity index is 2.74. The van der Waals surface area contributed by atoms with Gasteiger partial charge in [0.15, 0.2) is 0 Å². The molecule has 0 saturated heterocycles. The van der Waals surface area contributed by atoms with Gasteiger partial charge in [0.1, 0.15) is 0 Å². The van der Waals surface area contributed by atoms with Crippen molar-refractivity contribution < 1.29 is 4.79 Å². The summed E-state index contributed by atoms with van der Waals surface area (Å²) < 4.78 is 0. The summed E-state index contributed by atoms with van der Waals surface area (Å²) in [4.78, 5) is 13.4. The summed E-state index contributed by atoms with van der Waals surface area (Å²) in [7, 11) is 1.73. The lowest BCUT2D eigenvalue weighted by atomic mass is 10.0. The van der Waals surface area contributed by atoms with Gasteiger partial charge >= 0.3 is 0 Å². The molecule has 0 unspecified atom stereocenters. The van der Waals surface area contributed by atoms with Crippen LogP contribution in [0.15, 0.2) is 24.3 Å². The Kier molecular flexibility index (Phi) is 3.94. The van der Waals surface area contributed by atoms with Gasteiger partial charge in [-0.15, -0.1) is 0 Å². The predicted molar refractivity (Wildman–Crippen MR) is 67.7 cm³/mol. The van der Waals surface area contributed by atoms with E-state index in [0.717, 1.165) is 5.69 Å². The molecular weight excluding hydrogens is 224 g/mol. The van der Waals surface area contributed by atoms with E-state index in [4.69, 9.17) is 17.3 Å². The Morgan fingerprint density at radius 1 is 1.38 bits per heavy atom. The van der Waals surface area contributed by atoms with Crippen molar-refractivity contribution in [3.05, 3.63) is 29.3 Å². The van der Waals surface area contributed by atoms with Crippen molar-refractivity contribution in [3.63, 3.8) is 0 Å². The standard InChI is InChI=1S/C12H17ClN2O/c1-12(2,14)8-11(16)15(3)10-6-4-9(13)5-7-10/h4-7H,8,14H2,1-3H3. The molecule has 0 radical (unpaired) electrons. The number of carbonyl (C=O) groups excluding carboxylic acids is 1. The highest BCUT2D eigenvalue weighted by atomic mass is 35.5. The SMILES string of the molecule is CN(C(=O)CC(C)(C)N)c1ccc(Cl)cc1. The summed E-state index contributed by atoms with van der Waals surface area (Å²) in [6.07, 6.45) is 0.312. The summed E-state index contributed by atoms with van der Waals surface area (Å²) in [5.41, 5.74) is 6.14. The van der Waals surface area contributed by atoms with Gasteiger partial charge in [0.2, 0.25) is 5.91 Å². The van der Waals surface area contributed by atoms with E-state index in [1.165, 1.54) is 0 Å². The van der Waals surface area contributed by atoms with E-state index in [1.807, 2.05) is 26.0 Å². The van der Waals surface area contributed by atoms with Crippen LogP contribution in [0.3, 0.4) is 0 Å². The maximum Gasteiger partial charge on any atom is 0.228 e. The second-order valence-corrected chi connectivity index (χ2v) is 5.03. The van der Waals surface area contributed by atoms with E-state index in [1.54, 1.807) is 24.1 Å². The number of hydrogen-bond acceptors (Lipinski definition) is 2. The first kappa shape index (κ1) is 13.0. The van der Waals surface area contributed by atoms with Gasteiger partial charge in [-0.1, -0.05) is 11.6 Å². The predicted octanol–water partition coefficient (Wildman–Crippen LogP) is 2.43. The summed E-state index contributed by atoms with van der Waals surface area (Å²) in [5.74, 6) is -0.00479. The van der Waals surface area contributed by atoms with Crippen LogP contribution in [0.25, 0.3) is 0 Å². The zero-order valence-electron chi connectivity index (χ0n) is 9.83. The van der Waals surface area contributed by atoms with Gasteiger partial charge in [-0.2, -0.15) is 0 Å². The molecule has 0 aliphatic carbocycles. The van der Waals surface area contributed by atoms with Crippen molar-refractivity contribution in [1.29, 1.82) is 0 Å². The second-order valence-electron chi connectivity index (χ2n) is 4.59. The Hall–Kier alpha value is -1.06. The topological polar surface area (TPSA) is 46.3 Å². The molecule has 16 heavy (non-hydrogen) atoms. The van der Waals surface area contributed by atoms with Crippen LogP contribution in [0, 0.1) is 0 Å². The molecular formula is C12H17ClN2O. The number of anilines is 1. The molecule has 0 fully saturated rings. The van der Waals surface area contributed by atoms with Gasteiger partial charge in [-0.25, -0.2) is 0 Å². The van der Waals surface area contributed by atoms with E-state index in [0.29, 0.717) is 11.4 Å². The van der Waals surface area contributed by atoms with E-state index < -0.39 is 5.54 Å². The minimum absolute atomic E-state index is 0.00479. The number of nitrogens with two attached hydrogens (primary N) is 1. The molecule has 0 atom stereocenters. The van der Waals surface area contributed by atoms with E-state index in [-0.39, 0.29) is 5.91 Å². The zero-order chi connectivity index (χ0) is 12.3. The fourth-order valence-corrected chi connectivity index (χ4v) is 1.44. The zero-order valence-corrected chi connectivity index (χ0v) is 10.6. The summed E-state index contributed by atoms with van der Waals surface area (Å²) in [6.45, 7) is 3.67. The number of benzene rings is 1. The third-order valence-electron chi connectivity index (χ3n) is 2.19. The van der Waals surface area contributed by atoms with Gasteiger partial charge in [0, 0.05) is 29.7 Å². The number of amides is 1. The molecule has 4 heteroatoms. The van der Waals surface area contributed by atoms with Gasteiger partial charge in [0.05, 0.1) is 0 Å². The van der Waals surface area contributed by atoms with Crippen molar-refractivity contribution in [2.24, 2.45) is 5.73 Å². The number of hydrogen-bond donors (Lipinski definition) is 1. The quantitative estimate of drug-likeness (QED) is 0.882. The maximum atomic E-state index is 11.9. The van der Waals surface area contributed by atoms with Crippen molar-refractivity contribution in [3.8, 4) is 0 Å². The Bertz CT molecular complexity index is 368. The van der Waals surface area contributed by atoms with Crippen molar-refractivity contribution >= 4 is 23.2 Å². The molecule has 0 aromatic heterocycles. The molecule has 2 N–H and O–H groups in total. The third-order valence-corrected chi connectivity index (χ3v) is 2.45. The molecule has 0 bridgehead atoms. The highest BCUT2D eigenvalue weighted by Gasteiger charge is 2.19.